The predicted molar refractivity (Wildman–Crippen MR) is 47.5 cm³/mol. The van der Waals surface area contributed by atoms with E-state index in [9.17, 15) is 8.78 Å². The van der Waals surface area contributed by atoms with Crippen LogP contribution in [0.3, 0.4) is 0 Å². The summed E-state index contributed by atoms with van der Waals surface area (Å²) in [7, 11) is 0. The van der Waals surface area contributed by atoms with E-state index in [1.165, 1.54) is 12.3 Å². The summed E-state index contributed by atoms with van der Waals surface area (Å²) in [5.41, 5.74) is 0.802. The lowest BCUT2D eigenvalue weighted by molar-refractivity contribution is 0.515. The SMILES string of the molecule is N#CCc1c[nH]c2c(F)c(F)ccc12. The molecule has 0 unspecified atom stereocenters. The molecule has 0 atom stereocenters. The lowest BCUT2D eigenvalue weighted by atomic mass is 10.1. The number of nitrogens with zero attached hydrogens (tertiary/aromatic N) is 1. The molecule has 0 saturated carbocycles. The number of aromatic nitrogens is 1. The largest absolute Gasteiger partial charge is 0.358 e. The molecule has 0 amide bonds. The molecular weight excluding hydrogens is 186 g/mol. The van der Waals surface area contributed by atoms with Gasteiger partial charge in [0, 0.05) is 11.6 Å². The minimum atomic E-state index is -0.897. The van der Waals surface area contributed by atoms with E-state index >= 15 is 0 Å². The molecule has 1 aromatic heterocycles. The van der Waals surface area contributed by atoms with E-state index in [0.717, 1.165) is 6.07 Å². The van der Waals surface area contributed by atoms with Gasteiger partial charge in [0.25, 0.3) is 0 Å². The second-order valence-electron chi connectivity index (χ2n) is 2.93. The number of nitrogens with one attached hydrogen (secondary N) is 1. The highest BCUT2D eigenvalue weighted by atomic mass is 19.2. The van der Waals surface area contributed by atoms with Crippen molar-refractivity contribution in [3.63, 3.8) is 0 Å². The zero-order valence-corrected chi connectivity index (χ0v) is 7.14. The molecule has 0 aliphatic heterocycles. The Morgan fingerprint density at radius 3 is 2.86 bits per heavy atom. The van der Waals surface area contributed by atoms with Gasteiger partial charge in [-0.1, -0.05) is 0 Å². The van der Waals surface area contributed by atoms with Crippen LogP contribution in [0.4, 0.5) is 8.78 Å². The first-order valence-corrected chi connectivity index (χ1v) is 4.05. The molecule has 2 rings (SSSR count). The summed E-state index contributed by atoms with van der Waals surface area (Å²) in [4.78, 5) is 2.62. The average molecular weight is 192 g/mol. The summed E-state index contributed by atoms with van der Waals surface area (Å²) in [6.45, 7) is 0. The lowest BCUT2D eigenvalue weighted by Crippen LogP contribution is -1.85. The quantitative estimate of drug-likeness (QED) is 0.740. The fourth-order valence-corrected chi connectivity index (χ4v) is 1.43. The predicted octanol–water partition coefficient (Wildman–Crippen LogP) is 2.51. The number of aromatic amines is 1. The van der Waals surface area contributed by atoms with Gasteiger partial charge in [-0.05, 0) is 17.7 Å². The van der Waals surface area contributed by atoms with Crippen LogP contribution in [-0.4, -0.2) is 4.98 Å². The maximum Gasteiger partial charge on any atom is 0.182 e. The van der Waals surface area contributed by atoms with Gasteiger partial charge in [0.1, 0.15) is 0 Å². The molecule has 0 saturated heterocycles. The maximum atomic E-state index is 13.2. The molecule has 0 fully saturated rings. The van der Waals surface area contributed by atoms with E-state index in [1.807, 2.05) is 6.07 Å². The number of hydrogen-bond donors (Lipinski definition) is 1. The first-order chi connectivity index (χ1) is 6.74. The van der Waals surface area contributed by atoms with Crippen LogP contribution in [0.25, 0.3) is 10.9 Å². The maximum absolute atomic E-state index is 13.2. The van der Waals surface area contributed by atoms with E-state index in [0.29, 0.717) is 10.9 Å². The van der Waals surface area contributed by atoms with Crippen molar-refractivity contribution < 1.29 is 8.78 Å². The van der Waals surface area contributed by atoms with Crippen molar-refractivity contribution in [2.75, 3.05) is 0 Å². The summed E-state index contributed by atoms with van der Waals surface area (Å²) in [5.74, 6) is -1.78. The highest BCUT2D eigenvalue weighted by Crippen LogP contribution is 2.22. The summed E-state index contributed by atoms with van der Waals surface area (Å²) in [6, 6.07) is 4.49. The average Bonchev–Trinajstić information content (AvgIpc) is 2.57. The Kier molecular flexibility index (Phi) is 1.93. The Morgan fingerprint density at radius 2 is 2.14 bits per heavy atom. The molecule has 14 heavy (non-hydrogen) atoms. The third-order valence-corrected chi connectivity index (χ3v) is 2.10. The molecule has 0 aliphatic carbocycles. The highest BCUT2D eigenvalue weighted by Gasteiger charge is 2.10. The van der Waals surface area contributed by atoms with Crippen LogP contribution in [-0.2, 0) is 6.42 Å². The first-order valence-electron chi connectivity index (χ1n) is 4.05. The standard InChI is InChI=1S/C10H6F2N2/c11-8-2-1-7-6(3-4-13)5-14-10(7)9(8)12/h1-2,5,14H,3H2. The Labute approximate surface area is 78.8 Å². The van der Waals surface area contributed by atoms with Crippen molar-refractivity contribution in [3.8, 4) is 6.07 Å². The zero-order valence-electron chi connectivity index (χ0n) is 7.14. The first kappa shape index (κ1) is 8.70. The molecule has 1 heterocycles. The van der Waals surface area contributed by atoms with E-state index in [2.05, 4.69) is 4.98 Å². The Bertz CT molecular complexity index is 523. The molecule has 0 aliphatic rings. The second kappa shape index (κ2) is 3.11. The third-order valence-electron chi connectivity index (χ3n) is 2.10. The van der Waals surface area contributed by atoms with Crippen LogP contribution < -0.4 is 0 Å². The molecule has 70 valence electrons. The lowest BCUT2D eigenvalue weighted by Gasteiger charge is -1.95. The molecule has 0 radical (unpaired) electrons. The molecule has 4 heteroatoms. The number of halogens is 2. The van der Waals surface area contributed by atoms with E-state index < -0.39 is 11.6 Å². The van der Waals surface area contributed by atoms with Gasteiger partial charge >= 0.3 is 0 Å². The number of benzene rings is 1. The van der Waals surface area contributed by atoms with E-state index in [-0.39, 0.29) is 11.9 Å². The molecular formula is C10H6F2N2. The smallest absolute Gasteiger partial charge is 0.182 e. The van der Waals surface area contributed by atoms with Crippen LogP contribution in [0, 0.1) is 23.0 Å². The molecule has 2 nitrogen and oxygen atoms in total. The van der Waals surface area contributed by atoms with Crippen molar-refractivity contribution in [2.45, 2.75) is 6.42 Å². The second-order valence-corrected chi connectivity index (χ2v) is 2.93. The van der Waals surface area contributed by atoms with Gasteiger partial charge in [-0.25, -0.2) is 8.78 Å². The summed E-state index contributed by atoms with van der Waals surface area (Å²) in [5, 5.41) is 9.05. The monoisotopic (exact) mass is 192 g/mol. The Balaban J connectivity index is 2.72. The third kappa shape index (κ3) is 1.14. The Morgan fingerprint density at radius 1 is 1.36 bits per heavy atom. The van der Waals surface area contributed by atoms with Gasteiger partial charge in [0.05, 0.1) is 18.0 Å². The van der Waals surface area contributed by atoms with Gasteiger partial charge in [-0.2, -0.15) is 5.26 Å². The van der Waals surface area contributed by atoms with Gasteiger partial charge in [0.15, 0.2) is 11.6 Å². The van der Waals surface area contributed by atoms with Crippen LogP contribution in [0.5, 0.6) is 0 Å². The normalized spacial score (nSPS) is 10.4. The summed E-state index contributed by atoms with van der Waals surface area (Å²) >= 11 is 0. The fraction of sp³-hybridized carbons (Fsp3) is 0.100. The summed E-state index contributed by atoms with van der Waals surface area (Å²) in [6.07, 6.45) is 1.71. The topological polar surface area (TPSA) is 39.6 Å². The Hall–Kier alpha value is -1.89. The molecule has 0 bridgehead atoms. The van der Waals surface area contributed by atoms with Crippen molar-refractivity contribution >= 4 is 10.9 Å². The molecule has 1 N–H and O–H groups in total. The number of rotatable bonds is 1. The van der Waals surface area contributed by atoms with Gasteiger partial charge in [-0.15, -0.1) is 0 Å². The molecule has 0 spiro atoms. The van der Waals surface area contributed by atoms with Crippen LogP contribution in [0.2, 0.25) is 0 Å². The highest BCUT2D eigenvalue weighted by molar-refractivity contribution is 5.84. The van der Waals surface area contributed by atoms with Gasteiger partial charge in [-0.3, -0.25) is 0 Å². The van der Waals surface area contributed by atoms with Gasteiger partial charge in [0.2, 0.25) is 0 Å². The molecule has 2 aromatic rings. The van der Waals surface area contributed by atoms with Crippen LogP contribution >= 0.6 is 0 Å². The number of H-pyrrole nitrogens is 1. The van der Waals surface area contributed by atoms with Crippen LogP contribution in [0.1, 0.15) is 5.56 Å². The molecule has 1 aromatic carbocycles. The number of fused-ring (bicyclic) bond motifs is 1. The minimum Gasteiger partial charge on any atom is -0.358 e. The minimum absolute atomic E-state index is 0.121. The van der Waals surface area contributed by atoms with Crippen molar-refractivity contribution in [1.29, 1.82) is 5.26 Å². The van der Waals surface area contributed by atoms with Crippen LogP contribution in [0.15, 0.2) is 18.3 Å². The van der Waals surface area contributed by atoms with Crippen molar-refractivity contribution in [1.82, 2.24) is 4.98 Å². The van der Waals surface area contributed by atoms with Crippen molar-refractivity contribution in [2.24, 2.45) is 0 Å². The zero-order chi connectivity index (χ0) is 10.1. The fourth-order valence-electron chi connectivity index (χ4n) is 1.43. The number of nitriles is 1. The van der Waals surface area contributed by atoms with Gasteiger partial charge < -0.3 is 4.98 Å². The van der Waals surface area contributed by atoms with Crippen molar-refractivity contribution in [3.05, 3.63) is 35.5 Å². The van der Waals surface area contributed by atoms with E-state index in [4.69, 9.17) is 5.26 Å². The number of hydrogen-bond acceptors (Lipinski definition) is 1. The van der Waals surface area contributed by atoms with E-state index in [1.54, 1.807) is 0 Å². The summed E-state index contributed by atoms with van der Waals surface area (Å²) < 4.78 is 25.9.